The van der Waals surface area contributed by atoms with Crippen molar-refractivity contribution in [2.75, 3.05) is 11.9 Å². The topological polar surface area (TPSA) is 75.3 Å². The summed E-state index contributed by atoms with van der Waals surface area (Å²) >= 11 is 0.338. The maximum absolute atomic E-state index is 12.6. The van der Waals surface area contributed by atoms with Crippen molar-refractivity contribution in [3.8, 4) is 0 Å². The number of anilines is 1. The molecule has 0 bridgehead atoms. The lowest BCUT2D eigenvalue weighted by Gasteiger charge is -2.11. The van der Waals surface area contributed by atoms with E-state index in [2.05, 4.69) is 10.0 Å². The number of hydrogen-bond donors (Lipinski definition) is 2. The number of alkyl halides is 2. The first kappa shape index (κ1) is 19.4. The smallest absolute Gasteiger partial charge is 0.288 e. The predicted molar refractivity (Wildman–Crippen MR) is 93.6 cm³/mol. The summed E-state index contributed by atoms with van der Waals surface area (Å²) in [6.07, 6.45) is 0. The van der Waals surface area contributed by atoms with Gasteiger partial charge in [-0.05, 0) is 36.4 Å². The van der Waals surface area contributed by atoms with Gasteiger partial charge in [-0.25, -0.2) is 13.1 Å². The number of carbonyl (C=O) groups is 1. The lowest BCUT2D eigenvalue weighted by Crippen LogP contribution is -2.23. The minimum Gasteiger partial charge on any atom is -0.321 e. The number of sulfonamides is 1. The molecule has 0 aliphatic carbocycles. The van der Waals surface area contributed by atoms with Crippen molar-refractivity contribution in [1.29, 1.82) is 0 Å². The Morgan fingerprint density at radius 3 is 2.36 bits per heavy atom. The van der Waals surface area contributed by atoms with E-state index in [1.54, 1.807) is 19.1 Å². The van der Waals surface area contributed by atoms with Crippen LogP contribution in [0.1, 0.15) is 17.3 Å². The quantitative estimate of drug-likeness (QED) is 0.714. The fourth-order valence-electron chi connectivity index (χ4n) is 2.02. The summed E-state index contributed by atoms with van der Waals surface area (Å²) in [7, 11) is -3.60. The third kappa shape index (κ3) is 5.25. The van der Waals surface area contributed by atoms with Gasteiger partial charge in [0.05, 0.1) is 10.6 Å². The number of thioether (sulfide) groups is 1. The van der Waals surface area contributed by atoms with Crippen LogP contribution in [-0.4, -0.2) is 26.6 Å². The normalized spacial score (nSPS) is 11.5. The molecule has 25 heavy (non-hydrogen) atoms. The summed E-state index contributed by atoms with van der Waals surface area (Å²) in [5.41, 5.74) is 0.481. The van der Waals surface area contributed by atoms with E-state index in [4.69, 9.17) is 0 Å². The monoisotopic (exact) mass is 386 g/mol. The number of benzene rings is 2. The van der Waals surface area contributed by atoms with Crippen LogP contribution in [0.15, 0.2) is 58.3 Å². The molecule has 2 aromatic carbocycles. The van der Waals surface area contributed by atoms with Crippen LogP contribution >= 0.6 is 11.8 Å². The second-order valence-electron chi connectivity index (χ2n) is 4.85. The molecule has 0 aliphatic heterocycles. The van der Waals surface area contributed by atoms with Crippen LogP contribution in [0, 0.1) is 0 Å². The fraction of sp³-hybridized carbons (Fsp3) is 0.188. The Labute approximate surface area is 148 Å². The summed E-state index contributed by atoms with van der Waals surface area (Å²) in [6.45, 7) is 1.91. The molecule has 134 valence electrons. The van der Waals surface area contributed by atoms with Crippen molar-refractivity contribution in [3.05, 3.63) is 54.1 Å². The summed E-state index contributed by atoms with van der Waals surface area (Å²) in [6, 6.07) is 11.6. The zero-order valence-electron chi connectivity index (χ0n) is 13.2. The van der Waals surface area contributed by atoms with E-state index in [1.807, 2.05) is 0 Å². The van der Waals surface area contributed by atoms with E-state index in [0.717, 1.165) is 0 Å². The largest absolute Gasteiger partial charge is 0.321 e. The summed E-state index contributed by atoms with van der Waals surface area (Å²) in [4.78, 5) is 12.6. The highest BCUT2D eigenvalue weighted by molar-refractivity contribution is 7.99. The molecule has 0 aromatic heterocycles. The highest BCUT2D eigenvalue weighted by atomic mass is 32.2. The molecule has 0 spiro atoms. The zero-order valence-corrected chi connectivity index (χ0v) is 14.8. The van der Waals surface area contributed by atoms with Crippen LogP contribution in [0.4, 0.5) is 14.5 Å². The third-order valence-corrected chi connectivity index (χ3v) is 5.46. The first-order valence-electron chi connectivity index (χ1n) is 7.28. The summed E-state index contributed by atoms with van der Waals surface area (Å²) in [5, 5.41) is 2.56. The van der Waals surface area contributed by atoms with Gasteiger partial charge in [0.1, 0.15) is 0 Å². The van der Waals surface area contributed by atoms with Crippen LogP contribution in [0.2, 0.25) is 0 Å². The molecule has 5 nitrogen and oxygen atoms in total. The first-order valence-corrected chi connectivity index (χ1v) is 9.64. The molecule has 0 unspecified atom stereocenters. The van der Waals surface area contributed by atoms with Crippen molar-refractivity contribution in [3.63, 3.8) is 0 Å². The van der Waals surface area contributed by atoms with Gasteiger partial charge in [-0.15, -0.1) is 0 Å². The Balaban J connectivity index is 2.17. The number of nitrogens with one attached hydrogen (secondary N) is 2. The Hall–Kier alpha value is -1.97. The molecule has 0 aliphatic rings. The molecule has 9 heteroatoms. The summed E-state index contributed by atoms with van der Waals surface area (Å²) in [5.74, 6) is -3.12. The number of rotatable bonds is 7. The lowest BCUT2D eigenvalue weighted by atomic mass is 10.2. The number of carbonyl (C=O) groups excluding carboxylic acids is 1. The maximum atomic E-state index is 12.6. The Morgan fingerprint density at radius 1 is 1.12 bits per heavy atom. The highest BCUT2D eigenvalue weighted by Crippen LogP contribution is 2.31. The van der Waals surface area contributed by atoms with Crippen LogP contribution in [0.5, 0.6) is 0 Å². The van der Waals surface area contributed by atoms with Crippen LogP contribution < -0.4 is 10.0 Å². The Kier molecular flexibility index (Phi) is 6.51. The van der Waals surface area contributed by atoms with Crippen molar-refractivity contribution < 1.29 is 22.0 Å². The molecule has 0 fully saturated rings. The molecule has 0 heterocycles. The molecular weight excluding hydrogens is 370 g/mol. The first-order chi connectivity index (χ1) is 11.8. The SMILES string of the molecule is CCNS(=O)(=O)c1ccc(C(=O)Nc2ccccc2SC(F)F)cc1. The predicted octanol–water partition coefficient (Wildman–Crippen LogP) is 3.55. The molecule has 0 atom stereocenters. The second kappa shape index (κ2) is 8.41. The second-order valence-corrected chi connectivity index (χ2v) is 7.65. The van der Waals surface area contributed by atoms with Gasteiger partial charge in [-0.1, -0.05) is 30.8 Å². The van der Waals surface area contributed by atoms with Crippen LogP contribution in [0.3, 0.4) is 0 Å². The van der Waals surface area contributed by atoms with Gasteiger partial charge in [0.15, 0.2) is 0 Å². The van der Waals surface area contributed by atoms with E-state index < -0.39 is 21.7 Å². The Bertz CT molecular complexity index is 841. The molecule has 2 aromatic rings. The molecule has 2 N–H and O–H groups in total. The van der Waals surface area contributed by atoms with Gasteiger partial charge >= 0.3 is 0 Å². The van der Waals surface area contributed by atoms with Gasteiger partial charge in [0, 0.05) is 17.0 Å². The van der Waals surface area contributed by atoms with Gasteiger partial charge in [-0.2, -0.15) is 8.78 Å². The van der Waals surface area contributed by atoms with Crippen molar-refractivity contribution >= 4 is 33.4 Å². The molecule has 0 radical (unpaired) electrons. The molecule has 0 saturated heterocycles. The van der Waals surface area contributed by atoms with Crippen molar-refractivity contribution in [1.82, 2.24) is 4.72 Å². The minimum absolute atomic E-state index is 0.0413. The third-order valence-electron chi connectivity index (χ3n) is 3.11. The van der Waals surface area contributed by atoms with Gasteiger partial charge in [0.25, 0.3) is 11.7 Å². The average Bonchev–Trinajstić information content (AvgIpc) is 2.56. The van der Waals surface area contributed by atoms with Gasteiger partial charge < -0.3 is 5.32 Å². The van der Waals surface area contributed by atoms with Crippen LogP contribution in [-0.2, 0) is 10.0 Å². The van der Waals surface area contributed by atoms with E-state index in [1.165, 1.54) is 36.4 Å². The minimum atomic E-state index is -3.60. The van der Waals surface area contributed by atoms with Crippen molar-refractivity contribution in [2.45, 2.75) is 22.5 Å². The van der Waals surface area contributed by atoms with Gasteiger partial charge in [-0.3, -0.25) is 4.79 Å². The standard InChI is InChI=1S/C16H16F2N2O3S2/c1-2-19-25(22,23)12-9-7-11(8-10-12)15(21)20-13-5-3-4-6-14(13)24-16(17)18/h3-10,16,19H,2H2,1H3,(H,20,21). The highest BCUT2D eigenvalue weighted by Gasteiger charge is 2.15. The lowest BCUT2D eigenvalue weighted by molar-refractivity contribution is 0.102. The Morgan fingerprint density at radius 2 is 1.76 bits per heavy atom. The van der Waals surface area contributed by atoms with E-state index in [-0.39, 0.29) is 27.6 Å². The number of halogens is 2. The van der Waals surface area contributed by atoms with E-state index >= 15 is 0 Å². The maximum Gasteiger partial charge on any atom is 0.288 e. The molecule has 1 amide bonds. The average molecular weight is 386 g/mol. The molecule has 0 saturated carbocycles. The summed E-state index contributed by atoms with van der Waals surface area (Å²) < 4.78 is 51.2. The zero-order chi connectivity index (χ0) is 18.4. The number of para-hydroxylation sites is 1. The van der Waals surface area contributed by atoms with Crippen LogP contribution in [0.25, 0.3) is 0 Å². The van der Waals surface area contributed by atoms with E-state index in [9.17, 15) is 22.0 Å². The number of hydrogen-bond acceptors (Lipinski definition) is 4. The van der Waals surface area contributed by atoms with Crippen molar-refractivity contribution in [2.24, 2.45) is 0 Å². The molecule has 2 rings (SSSR count). The fourth-order valence-corrected chi connectivity index (χ4v) is 3.66. The molecular formula is C16H16F2N2O3S2. The van der Waals surface area contributed by atoms with Gasteiger partial charge in [0.2, 0.25) is 10.0 Å². The number of amides is 1. The van der Waals surface area contributed by atoms with E-state index in [0.29, 0.717) is 11.8 Å².